The third-order valence-electron chi connectivity index (χ3n) is 18.2. The van der Waals surface area contributed by atoms with Crippen molar-refractivity contribution in [2.24, 2.45) is 0 Å². The summed E-state index contributed by atoms with van der Waals surface area (Å²) in [4.78, 5) is 27.2. The minimum atomic E-state index is -1.70. The van der Waals surface area contributed by atoms with Crippen LogP contribution in [0.25, 0.3) is 21.5 Å². The van der Waals surface area contributed by atoms with Gasteiger partial charge in [-0.05, 0) is 75.6 Å². The highest BCUT2D eigenvalue weighted by atomic mass is 16.9. The van der Waals surface area contributed by atoms with Crippen molar-refractivity contribution in [3.8, 4) is 34.5 Å². The number of carbonyl (C=O) groups is 2. The highest BCUT2D eigenvalue weighted by Gasteiger charge is 2.95. The van der Waals surface area contributed by atoms with Gasteiger partial charge in [0.25, 0.3) is 23.1 Å². The molecule has 0 aromatic heterocycles. The lowest BCUT2D eigenvalue weighted by molar-refractivity contribution is -0.366. The van der Waals surface area contributed by atoms with Crippen LogP contribution in [0, 0.1) is 13.8 Å². The Labute approximate surface area is 434 Å². The van der Waals surface area contributed by atoms with Crippen molar-refractivity contribution in [3.05, 3.63) is 68.8 Å². The molecular weight excluding hydrogens is 993 g/mol. The van der Waals surface area contributed by atoms with E-state index >= 15 is 0 Å². The zero-order chi connectivity index (χ0) is 51.5. The van der Waals surface area contributed by atoms with E-state index in [0.29, 0.717) is 120 Å². The number of phenols is 2. The van der Waals surface area contributed by atoms with Gasteiger partial charge in [-0.25, -0.2) is 0 Å². The molecule has 2 aliphatic carbocycles. The molecular formula is C56H56O20. The molecule has 4 aromatic carbocycles. The summed E-state index contributed by atoms with van der Waals surface area (Å²) in [6.07, 6.45) is 2.53. The summed E-state index contributed by atoms with van der Waals surface area (Å²) in [6, 6.07) is 3.86. The molecule has 10 aliphatic heterocycles. The molecule has 20 nitrogen and oxygen atoms in total. The number of ether oxygens (including phenoxy) is 16. The summed E-state index contributed by atoms with van der Waals surface area (Å²) in [7, 11) is 3.13. The van der Waals surface area contributed by atoms with Crippen molar-refractivity contribution < 1.29 is 95.6 Å². The summed E-state index contributed by atoms with van der Waals surface area (Å²) < 4.78 is 106. The summed E-state index contributed by atoms with van der Waals surface area (Å²) in [5, 5.41) is 26.2. The number of benzene rings is 4. The van der Waals surface area contributed by atoms with Gasteiger partial charge in [0.05, 0.1) is 89.0 Å². The summed E-state index contributed by atoms with van der Waals surface area (Å²) in [6.45, 7) is 5.57. The second kappa shape index (κ2) is 15.8. The molecule has 16 rings (SSSR count). The molecule has 4 aromatic rings. The van der Waals surface area contributed by atoms with E-state index in [-0.39, 0.29) is 85.0 Å². The smallest absolute Gasteiger partial charge is 0.277 e. The Morgan fingerprint density at radius 1 is 0.592 bits per heavy atom. The Kier molecular flexibility index (Phi) is 9.72. The Morgan fingerprint density at radius 3 is 1.38 bits per heavy atom. The van der Waals surface area contributed by atoms with E-state index in [9.17, 15) is 19.8 Å². The van der Waals surface area contributed by atoms with Crippen molar-refractivity contribution in [2.75, 3.05) is 67.1 Å². The molecule has 2 spiro atoms. The lowest BCUT2D eigenvalue weighted by Gasteiger charge is -2.50. The molecule has 12 aliphatic rings. The van der Waals surface area contributed by atoms with Gasteiger partial charge in [-0.15, -0.1) is 0 Å². The van der Waals surface area contributed by atoms with Gasteiger partial charge >= 0.3 is 0 Å². The van der Waals surface area contributed by atoms with Crippen molar-refractivity contribution in [2.45, 2.75) is 137 Å². The van der Waals surface area contributed by atoms with Gasteiger partial charge in [-0.1, -0.05) is 12.2 Å². The third-order valence-corrected chi connectivity index (χ3v) is 18.2. The van der Waals surface area contributed by atoms with Crippen LogP contribution < -0.4 is 18.9 Å². The highest BCUT2D eigenvalue weighted by Crippen LogP contribution is 2.74. The van der Waals surface area contributed by atoms with E-state index in [2.05, 4.69) is 0 Å². The first-order chi connectivity index (χ1) is 36.9. The number of carbonyl (C=O) groups excluding carboxylic acids is 2. The van der Waals surface area contributed by atoms with Crippen LogP contribution >= 0.6 is 0 Å². The number of Topliss-reactive ketones (excluding diaryl/α,β-unsaturated/α-hetero) is 2. The predicted molar refractivity (Wildman–Crippen MR) is 257 cm³/mol. The summed E-state index contributed by atoms with van der Waals surface area (Å²) in [5.41, 5.74) is 1.80. The molecule has 400 valence electrons. The standard InChI is InChI=1S/C56H56O20/c1-25-21-29-37(39(59)35-27(41(29)61-3)11-7-13-31(35)57)43-33(25)45-47-53(71-43,51(23-69-51)55(73-45,75-47)49-63-15-9-16-64-49)67-19-5-6-20-68-54-48-46(74-56(76-48,52(54)24-70-52)50-65-17-10-18-66-50)34-26(2)22-30-38(44(34)72-54)40(60)36-28(42(30)62-4)12-8-14-32(36)58/h5-6,21-22,45-50,59-60H,7-20,23-24H2,1-4H3/t45?,46?,47?,48?,51-,52-,53+,54+,55?,56?/m0/s1. The topological polar surface area (TPSA) is 229 Å². The number of ketones is 2. The van der Waals surface area contributed by atoms with Crippen molar-refractivity contribution in [1.82, 2.24) is 0 Å². The van der Waals surface area contributed by atoms with E-state index in [1.807, 2.05) is 26.0 Å². The van der Waals surface area contributed by atoms with E-state index in [1.165, 1.54) is 0 Å². The van der Waals surface area contributed by atoms with Crippen LogP contribution in [0.3, 0.4) is 0 Å². The van der Waals surface area contributed by atoms with Crippen LogP contribution in [0.5, 0.6) is 34.5 Å². The van der Waals surface area contributed by atoms with Crippen molar-refractivity contribution in [1.29, 1.82) is 0 Å². The van der Waals surface area contributed by atoms with Crippen molar-refractivity contribution in [3.63, 3.8) is 0 Å². The molecule has 0 saturated carbocycles. The lowest BCUT2D eigenvalue weighted by Crippen LogP contribution is -2.70. The van der Waals surface area contributed by atoms with Gasteiger partial charge in [-0.2, -0.15) is 0 Å². The number of rotatable bonds is 10. The van der Waals surface area contributed by atoms with Crippen LogP contribution in [-0.4, -0.2) is 148 Å². The summed E-state index contributed by atoms with van der Waals surface area (Å²) in [5.74, 6) is -5.79. The van der Waals surface area contributed by atoms with Gasteiger partial charge in [0.1, 0.15) is 46.7 Å². The van der Waals surface area contributed by atoms with Gasteiger partial charge in [0.15, 0.2) is 23.8 Å². The Morgan fingerprint density at radius 2 is 1.00 bits per heavy atom. The summed E-state index contributed by atoms with van der Waals surface area (Å²) >= 11 is 0. The van der Waals surface area contributed by atoms with Gasteiger partial charge in [0, 0.05) is 45.9 Å². The fraction of sp³-hybridized carbons (Fsp3) is 0.571. The fourth-order valence-electron chi connectivity index (χ4n) is 14.9. The SMILES string of the molecule is COc1c2c(c(O)c3c4c(c(C)cc13)C1OC3(C5OCCCO5)OC1[C@@](OCC=CCO[C@@]15Oc6c(c(C)cc7c(OC)c8c(c(O)c67)C(=O)CCC8)C6OC(C7OCCCO7)(OC61)[C@]51CO1)(O4)[C@@]31CO1)C(=O)CCC2. The molecule has 0 amide bonds. The third kappa shape index (κ3) is 5.41. The minimum absolute atomic E-state index is 0.0693. The number of aryl methyl sites for hydroxylation is 2. The number of hydrogen-bond acceptors (Lipinski definition) is 20. The molecule has 10 heterocycles. The van der Waals surface area contributed by atoms with Crippen LogP contribution in [0.4, 0.5) is 0 Å². The number of methoxy groups -OCH3 is 2. The molecule has 0 radical (unpaired) electrons. The number of phenolic OH excluding ortho intramolecular Hbond substituents is 2. The maximum Gasteiger partial charge on any atom is 0.277 e. The van der Waals surface area contributed by atoms with Crippen LogP contribution in [-0.2, 0) is 69.7 Å². The number of epoxide rings is 2. The van der Waals surface area contributed by atoms with E-state index < -0.39 is 71.3 Å². The molecule has 2 N–H and O–H groups in total. The second-order valence-corrected chi connectivity index (χ2v) is 21.9. The average Bonchev–Trinajstić information content (AvgIpc) is 4.44. The van der Waals surface area contributed by atoms with E-state index in [1.54, 1.807) is 26.4 Å². The highest BCUT2D eigenvalue weighted by molar-refractivity contribution is 6.13. The zero-order valence-electron chi connectivity index (χ0n) is 42.3. The van der Waals surface area contributed by atoms with Crippen LogP contribution in [0.1, 0.15) is 105 Å². The van der Waals surface area contributed by atoms with E-state index in [4.69, 9.17) is 75.8 Å². The quantitative estimate of drug-likeness (QED) is 0.138. The predicted octanol–water partition coefficient (Wildman–Crippen LogP) is 5.94. The first kappa shape index (κ1) is 46.9. The maximum atomic E-state index is 13.6. The average molecular weight is 1050 g/mol. The first-order valence-corrected chi connectivity index (χ1v) is 26.5. The molecule has 8 fully saturated rings. The molecule has 20 heteroatoms. The lowest BCUT2D eigenvalue weighted by atomic mass is 9.78. The molecule has 8 saturated heterocycles. The van der Waals surface area contributed by atoms with Gasteiger partial charge in [0.2, 0.25) is 23.8 Å². The number of hydrogen-bond donors (Lipinski definition) is 2. The molecule has 4 bridgehead atoms. The van der Waals surface area contributed by atoms with Crippen LogP contribution in [0.15, 0.2) is 24.3 Å². The Hall–Kier alpha value is -5.20. The second-order valence-electron chi connectivity index (χ2n) is 21.9. The molecule has 6 unspecified atom stereocenters. The van der Waals surface area contributed by atoms with E-state index in [0.717, 1.165) is 11.1 Å². The minimum Gasteiger partial charge on any atom is -0.506 e. The first-order valence-electron chi connectivity index (χ1n) is 26.5. The largest absolute Gasteiger partial charge is 0.506 e. The van der Waals surface area contributed by atoms with Crippen LogP contribution in [0.2, 0.25) is 0 Å². The van der Waals surface area contributed by atoms with Gasteiger partial charge in [-0.3, -0.25) is 9.59 Å². The molecule has 76 heavy (non-hydrogen) atoms. The van der Waals surface area contributed by atoms with Gasteiger partial charge < -0.3 is 86.0 Å². The van der Waals surface area contributed by atoms with Crippen molar-refractivity contribution >= 4 is 33.1 Å². The normalized spacial score (nSPS) is 37.2. The zero-order valence-corrected chi connectivity index (χ0v) is 42.3. The Balaban J connectivity index is 0.772. The maximum absolute atomic E-state index is 13.6. The Bertz CT molecular complexity index is 3080. The number of aromatic hydroxyl groups is 2. The monoisotopic (exact) mass is 1050 g/mol. The molecule has 10 atom stereocenters. The fourth-order valence-corrected chi connectivity index (χ4v) is 14.9. The number of fused-ring (bicyclic) bond motifs is 16.